The SMILES string of the molecule is CCc1nn(C)c(NCCOCCN(C)C)c1[N+](=O)[O-]. The second-order valence-electron chi connectivity index (χ2n) is 4.72. The van der Waals surface area contributed by atoms with E-state index in [0.717, 1.165) is 6.54 Å². The smallest absolute Gasteiger partial charge is 0.333 e. The molecule has 114 valence electrons. The molecule has 0 radical (unpaired) electrons. The molecule has 8 nitrogen and oxygen atoms in total. The number of hydrogen-bond acceptors (Lipinski definition) is 6. The van der Waals surface area contributed by atoms with Crippen LogP contribution in [0.1, 0.15) is 12.6 Å². The first-order chi connectivity index (χ1) is 9.47. The normalized spacial score (nSPS) is 11.1. The number of aryl methyl sites for hydroxylation is 2. The summed E-state index contributed by atoms with van der Waals surface area (Å²) in [5, 5.41) is 18.3. The van der Waals surface area contributed by atoms with Crippen molar-refractivity contribution in [1.82, 2.24) is 14.7 Å². The van der Waals surface area contributed by atoms with Gasteiger partial charge in [-0.2, -0.15) is 5.10 Å². The summed E-state index contributed by atoms with van der Waals surface area (Å²) in [6, 6.07) is 0. The summed E-state index contributed by atoms with van der Waals surface area (Å²) in [5.74, 6) is 0.433. The maximum atomic E-state index is 11.1. The minimum atomic E-state index is -0.388. The predicted octanol–water partition coefficient (Wildman–Crippen LogP) is 0.881. The highest BCUT2D eigenvalue weighted by Gasteiger charge is 2.25. The summed E-state index contributed by atoms with van der Waals surface area (Å²) in [7, 11) is 5.65. The number of nitro groups is 1. The summed E-state index contributed by atoms with van der Waals surface area (Å²) in [4.78, 5) is 12.7. The molecule has 1 heterocycles. The molecular weight excluding hydrogens is 262 g/mol. The average Bonchev–Trinajstić information content (AvgIpc) is 2.70. The van der Waals surface area contributed by atoms with Crippen molar-refractivity contribution in [3.8, 4) is 0 Å². The topological polar surface area (TPSA) is 85.5 Å². The van der Waals surface area contributed by atoms with Gasteiger partial charge in [-0.15, -0.1) is 0 Å². The van der Waals surface area contributed by atoms with Crippen LogP contribution in [0.2, 0.25) is 0 Å². The van der Waals surface area contributed by atoms with E-state index < -0.39 is 0 Å². The summed E-state index contributed by atoms with van der Waals surface area (Å²) in [6.45, 7) is 4.35. The van der Waals surface area contributed by atoms with Crippen molar-refractivity contribution in [2.45, 2.75) is 13.3 Å². The van der Waals surface area contributed by atoms with Gasteiger partial charge in [0.1, 0.15) is 5.69 Å². The van der Waals surface area contributed by atoms with E-state index in [0.29, 0.717) is 37.7 Å². The number of nitrogens with zero attached hydrogens (tertiary/aromatic N) is 4. The highest BCUT2D eigenvalue weighted by atomic mass is 16.6. The van der Waals surface area contributed by atoms with Crippen LogP contribution in [0.4, 0.5) is 11.5 Å². The van der Waals surface area contributed by atoms with E-state index in [1.807, 2.05) is 25.9 Å². The number of nitrogens with one attached hydrogen (secondary N) is 1. The van der Waals surface area contributed by atoms with Crippen LogP contribution < -0.4 is 5.32 Å². The maximum absolute atomic E-state index is 11.1. The molecule has 0 amide bonds. The van der Waals surface area contributed by atoms with Crippen molar-refractivity contribution in [3.05, 3.63) is 15.8 Å². The lowest BCUT2D eigenvalue weighted by molar-refractivity contribution is -0.384. The van der Waals surface area contributed by atoms with Gasteiger partial charge in [-0.3, -0.25) is 10.1 Å². The van der Waals surface area contributed by atoms with E-state index in [4.69, 9.17) is 4.74 Å². The lowest BCUT2D eigenvalue weighted by atomic mass is 10.3. The zero-order chi connectivity index (χ0) is 15.1. The van der Waals surface area contributed by atoms with Gasteiger partial charge in [-0.1, -0.05) is 6.92 Å². The molecular formula is C12H23N5O3. The highest BCUT2D eigenvalue weighted by Crippen LogP contribution is 2.27. The zero-order valence-electron chi connectivity index (χ0n) is 12.5. The van der Waals surface area contributed by atoms with Crippen LogP contribution in [0.5, 0.6) is 0 Å². The van der Waals surface area contributed by atoms with Crippen LogP contribution >= 0.6 is 0 Å². The van der Waals surface area contributed by atoms with Gasteiger partial charge < -0.3 is 15.0 Å². The molecule has 1 rings (SSSR count). The Morgan fingerprint density at radius 1 is 1.45 bits per heavy atom. The van der Waals surface area contributed by atoms with Gasteiger partial charge in [0, 0.05) is 20.1 Å². The van der Waals surface area contributed by atoms with Crippen molar-refractivity contribution < 1.29 is 9.66 Å². The highest BCUT2D eigenvalue weighted by molar-refractivity contribution is 5.59. The molecule has 0 bridgehead atoms. The fraction of sp³-hybridized carbons (Fsp3) is 0.750. The summed E-state index contributed by atoms with van der Waals surface area (Å²) < 4.78 is 6.95. The largest absolute Gasteiger partial charge is 0.378 e. The average molecular weight is 285 g/mol. The first kappa shape index (κ1) is 16.4. The Balaban J connectivity index is 2.51. The van der Waals surface area contributed by atoms with Crippen molar-refractivity contribution in [2.75, 3.05) is 45.7 Å². The molecule has 0 saturated heterocycles. The number of hydrogen-bond donors (Lipinski definition) is 1. The lowest BCUT2D eigenvalue weighted by Crippen LogP contribution is -2.20. The van der Waals surface area contributed by atoms with Crippen molar-refractivity contribution >= 4 is 11.5 Å². The standard InChI is InChI=1S/C12H23N5O3/c1-5-10-11(17(18)19)12(16(4)14-10)13-6-8-20-9-7-15(2)3/h13H,5-9H2,1-4H3. The molecule has 1 aromatic heterocycles. The van der Waals surface area contributed by atoms with Gasteiger partial charge in [-0.25, -0.2) is 4.68 Å². The fourth-order valence-corrected chi connectivity index (χ4v) is 1.79. The molecule has 0 aromatic carbocycles. The third-order valence-electron chi connectivity index (χ3n) is 2.83. The van der Waals surface area contributed by atoms with Crippen LogP contribution in [-0.4, -0.2) is 60.0 Å². The second-order valence-corrected chi connectivity index (χ2v) is 4.72. The van der Waals surface area contributed by atoms with Crippen LogP contribution in [0.25, 0.3) is 0 Å². The van der Waals surface area contributed by atoms with E-state index in [1.165, 1.54) is 4.68 Å². The van der Waals surface area contributed by atoms with Gasteiger partial charge in [0.25, 0.3) is 0 Å². The minimum Gasteiger partial charge on any atom is -0.378 e. The van der Waals surface area contributed by atoms with Crippen molar-refractivity contribution in [2.24, 2.45) is 7.05 Å². The quantitative estimate of drug-likeness (QED) is 0.412. The number of aromatic nitrogens is 2. The number of anilines is 1. The number of likely N-dealkylation sites (N-methyl/N-ethyl adjacent to an activating group) is 1. The third kappa shape index (κ3) is 4.46. The van der Waals surface area contributed by atoms with Gasteiger partial charge in [-0.05, 0) is 20.5 Å². The molecule has 0 atom stereocenters. The number of ether oxygens (including phenoxy) is 1. The van der Waals surface area contributed by atoms with Crippen LogP contribution in [0, 0.1) is 10.1 Å². The van der Waals surface area contributed by atoms with E-state index in [9.17, 15) is 10.1 Å². The molecule has 20 heavy (non-hydrogen) atoms. The fourth-order valence-electron chi connectivity index (χ4n) is 1.79. The molecule has 0 fully saturated rings. The van der Waals surface area contributed by atoms with Gasteiger partial charge >= 0.3 is 5.69 Å². The van der Waals surface area contributed by atoms with Crippen LogP contribution in [0.3, 0.4) is 0 Å². The molecule has 1 N–H and O–H groups in total. The molecule has 0 spiro atoms. The lowest BCUT2D eigenvalue weighted by Gasteiger charge is -2.10. The van der Waals surface area contributed by atoms with E-state index >= 15 is 0 Å². The van der Waals surface area contributed by atoms with Crippen molar-refractivity contribution in [3.63, 3.8) is 0 Å². The maximum Gasteiger partial charge on any atom is 0.333 e. The minimum absolute atomic E-state index is 0.0586. The molecule has 0 aliphatic rings. The van der Waals surface area contributed by atoms with E-state index in [1.54, 1.807) is 7.05 Å². The Hall–Kier alpha value is -1.67. The second kappa shape index (κ2) is 7.81. The Labute approximate surface area is 118 Å². The van der Waals surface area contributed by atoms with Crippen LogP contribution in [0.15, 0.2) is 0 Å². The molecule has 0 unspecified atom stereocenters. The Morgan fingerprint density at radius 2 is 2.15 bits per heavy atom. The third-order valence-corrected chi connectivity index (χ3v) is 2.83. The van der Waals surface area contributed by atoms with E-state index in [2.05, 4.69) is 10.4 Å². The van der Waals surface area contributed by atoms with Gasteiger partial charge in [0.05, 0.1) is 18.1 Å². The Morgan fingerprint density at radius 3 is 2.70 bits per heavy atom. The van der Waals surface area contributed by atoms with Crippen LogP contribution in [-0.2, 0) is 18.2 Å². The zero-order valence-corrected chi connectivity index (χ0v) is 12.5. The first-order valence-electron chi connectivity index (χ1n) is 6.64. The molecule has 0 aliphatic heterocycles. The molecule has 1 aromatic rings. The summed E-state index contributed by atoms with van der Waals surface area (Å²) in [5.41, 5.74) is 0.553. The first-order valence-corrected chi connectivity index (χ1v) is 6.64. The monoisotopic (exact) mass is 285 g/mol. The molecule has 0 saturated carbocycles. The molecule has 0 aliphatic carbocycles. The predicted molar refractivity (Wildman–Crippen MR) is 77.1 cm³/mol. The van der Waals surface area contributed by atoms with E-state index in [-0.39, 0.29) is 10.6 Å². The Bertz CT molecular complexity index is 445. The Kier molecular flexibility index (Phi) is 6.40. The summed E-state index contributed by atoms with van der Waals surface area (Å²) in [6.07, 6.45) is 0.533. The molecule has 8 heteroatoms. The van der Waals surface area contributed by atoms with Crippen molar-refractivity contribution in [1.29, 1.82) is 0 Å². The van der Waals surface area contributed by atoms with Gasteiger partial charge in [0.2, 0.25) is 5.82 Å². The summed E-state index contributed by atoms with van der Waals surface area (Å²) >= 11 is 0. The number of rotatable bonds is 9. The van der Waals surface area contributed by atoms with Gasteiger partial charge in [0.15, 0.2) is 0 Å².